The monoisotopic (exact) mass is 641 g/mol. The zero-order valence-corrected chi connectivity index (χ0v) is 26.8. The average molecular weight is 642 g/mol. The highest BCUT2D eigenvalue weighted by Gasteiger charge is 2.24. The van der Waals surface area contributed by atoms with Crippen LogP contribution in [0.25, 0.3) is 98.4 Å². The third kappa shape index (κ3) is 4.06. The highest BCUT2D eigenvalue weighted by Crippen LogP contribution is 2.48. The summed E-state index contributed by atoms with van der Waals surface area (Å²) in [6, 6.07) is 55.9. The lowest BCUT2D eigenvalue weighted by molar-refractivity contribution is -0.381. The molecule has 10 aromatic rings. The fourth-order valence-electron chi connectivity index (χ4n) is 8.10. The van der Waals surface area contributed by atoms with Crippen LogP contribution >= 0.6 is 0 Å². The summed E-state index contributed by atoms with van der Waals surface area (Å²) in [6.07, 6.45) is 0. The Bertz CT molecular complexity index is 2900. The number of benzene rings is 9. The van der Waals surface area contributed by atoms with Crippen molar-refractivity contribution in [1.82, 2.24) is 0 Å². The molecule has 4 nitrogen and oxygen atoms in total. The van der Waals surface area contributed by atoms with Crippen molar-refractivity contribution < 1.29 is 9.34 Å². The quantitative estimate of drug-likeness (QED) is 0.109. The first kappa shape index (κ1) is 28.3. The molecule has 0 saturated carbocycles. The van der Waals surface area contributed by atoms with Gasteiger partial charge in [0.2, 0.25) is 0 Å². The summed E-state index contributed by atoms with van der Waals surface area (Å²) in [5.41, 5.74) is 8.32. The Kier molecular flexibility index (Phi) is 6.14. The first-order valence-electron chi connectivity index (χ1n) is 16.7. The average Bonchev–Trinajstić information content (AvgIpc) is 3.54. The SMILES string of the molecule is O=[N+]([O-])c1c2ccccc2c(-c2ccc3oc4c(-c5c6ccccc6c(-c6ccccc6)c6ccccc56)cccc4c3c2)c2ccccc12. The second-order valence-electron chi connectivity index (χ2n) is 12.8. The highest BCUT2D eigenvalue weighted by molar-refractivity contribution is 6.25. The summed E-state index contributed by atoms with van der Waals surface area (Å²) < 4.78 is 6.78. The van der Waals surface area contributed by atoms with Crippen LogP contribution in [-0.4, -0.2) is 4.92 Å². The molecule has 9 aromatic carbocycles. The molecule has 0 fully saturated rings. The summed E-state index contributed by atoms with van der Waals surface area (Å²) in [6.45, 7) is 0. The van der Waals surface area contributed by atoms with Crippen molar-refractivity contribution in [2.75, 3.05) is 0 Å². The van der Waals surface area contributed by atoms with Crippen molar-refractivity contribution >= 4 is 70.7 Å². The standard InChI is InChI=1S/C46H27NO3/c48-47(49)45-36-21-10-8-19-34(36)43(35-20-9-11-22-37(35)45)29-25-26-41-40(27-29)38-23-12-24-39(46(38)50-41)44-32-17-6-4-15-30(32)42(28-13-2-1-3-14-28)31-16-5-7-18-33(31)44/h1-27H. The zero-order valence-electron chi connectivity index (χ0n) is 26.8. The van der Waals surface area contributed by atoms with Gasteiger partial charge in [0.15, 0.2) is 0 Å². The van der Waals surface area contributed by atoms with Crippen molar-refractivity contribution in [3.05, 3.63) is 174 Å². The lowest BCUT2D eigenvalue weighted by Gasteiger charge is -2.17. The molecule has 0 amide bonds. The van der Waals surface area contributed by atoms with Gasteiger partial charge in [-0.25, -0.2) is 0 Å². The normalized spacial score (nSPS) is 11.8. The number of nitrogens with zero attached hydrogens (tertiary/aromatic N) is 1. The molecule has 0 spiro atoms. The molecule has 0 bridgehead atoms. The molecule has 10 rings (SSSR count). The maximum Gasteiger partial charge on any atom is 0.284 e. The minimum absolute atomic E-state index is 0.136. The lowest BCUT2D eigenvalue weighted by atomic mass is 9.85. The molecule has 0 atom stereocenters. The third-order valence-corrected chi connectivity index (χ3v) is 10.1. The number of hydrogen-bond donors (Lipinski definition) is 0. The number of para-hydroxylation sites is 1. The van der Waals surface area contributed by atoms with E-state index in [-0.39, 0.29) is 10.6 Å². The molecule has 0 N–H and O–H groups in total. The van der Waals surface area contributed by atoms with Crippen LogP contribution in [0.4, 0.5) is 5.69 Å². The molecule has 234 valence electrons. The second kappa shape index (κ2) is 10.9. The third-order valence-electron chi connectivity index (χ3n) is 10.1. The first-order chi connectivity index (χ1) is 24.7. The van der Waals surface area contributed by atoms with E-state index in [4.69, 9.17) is 4.42 Å². The van der Waals surface area contributed by atoms with Crippen LogP contribution in [0.3, 0.4) is 0 Å². The fourth-order valence-corrected chi connectivity index (χ4v) is 8.10. The van der Waals surface area contributed by atoms with Gasteiger partial charge in [0.1, 0.15) is 11.2 Å². The number of nitro benzene ring substituents is 1. The van der Waals surface area contributed by atoms with Gasteiger partial charge in [-0.2, -0.15) is 0 Å². The predicted molar refractivity (Wildman–Crippen MR) is 207 cm³/mol. The maximum atomic E-state index is 12.4. The van der Waals surface area contributed by atoms with Crippen LogP contribution in [0.15, 0.2) is 168 Å². The van der Waals surface area contributed by atoms with Gasteiger partial charge in [-0.15, -0.1) is 0 Å². The molecule has 0 radical (unpaired) electrons. The van der Waals surface area contributed by atoms with Gasteiger partial charge in [-0.05, 0) is 78.8 Å². The molecule has 0 unspecified atom stereocenters. The summed E-state index contributed by atoms with van der Waals surface area (Å²) in [4.78, 5) is 12.1. The molecule has 0 aliphatic rings. The summed E-state index contributed by atoms with van der Waals surface area (Å²) in [5, 5.41) is 22.1. The molecule has 0 aliphatic heterocycles. The van der Waals surface area contributed by atoms with E-state index < -0.39 is 0 Å². The Labute approximate surface area is 286 Å². The molecular weight excluding hydrogens is 615 g/mol. The highest BCUT2D eigenvalue weighted by atomic mass is 16.6. The van der Waals surface area contributed by atoms with Gasteiger partial charge in [-0.3, -0.25) is 10.1 Å². The lowest BCUT2D eigenvalue weighted by Crippen LogP contribution is -1.94. The number of hydrogen-bond acceptors (Lipinski definition) is 3. The van der Waals surface area contributed by atoms with Gasteiger partial charge in [0.25, 0.3) is 5.69 Å². The van der Waals surface area contributed by atoms with Crippen molar-refractivity contribution in [2.45, 2.75) is 0 Å². The largest absolute Gasteiger partial charge is 0.455 e. The van der Waals surface area contributed by atoms with Crippen LogP contribution in [0.5, 0.6) is 0 Å². The molecule has 50 heavy (non-hydrogen) atoms. The van der Waals surface area contributed by atoms with Crippen molar-refractivity contribution in [3.63, 3.8) is 0 Å². The van der Waals surface area contributed by atoms with Crippen LogP contribution in [-0.2, 0) is 0 Å². The van der Waals surface area contributed by atoms with Gasteiger partial charge in [-0.1, -0.05) is 140 Å². The predicted octanol–water partition coefficient (Wildman–Crippen LogP) is 13.1. The van der Waals surface area contributed by atoms with E-state index in [0.29, 0.717) is 10.8 Å². The Balaban J connectivity index is 1.26. The van der Waals surface area contributed by atoms with Gasteiger partial charge >= 0.3 is 0 Å². The van der Waals surface area contributed by atoms with Crippen LogP contribution in [0.1, 0.15) is 0 Å². The second-order valence-corrected chi connectivity index (χ2v) is 12.8. The van der Waals surface area contributed by atoms with E-state index in [1.807, 2.05) is 54.6 Å². The van der Waals surface area contributed by atoms with E-state index in [9.17, 15) is 10.1 Å². The number of fused-ring (bicyclic) bond motifs is 7. The van der Waals surface area contributed by atoms with E-state index >= 15 is 0 Å². The van der Waals surface area contributed by atoms with Crippen LogP contribution in [0.2, 0.25) is 0 Å². The molecule has 1 aromatic heterocycles. The number of rotatable bonds is 4. The molecule has 4 heteroatoms. The van der Waals surface area contributed by atoms with Gasteiger partial charge in [0, 0.05) is 21.9 Å². The topological polar surface area (TPSA) is 56.3 Å². The summed E-state index contributed by atoms with van der Waals surface area (Å²) >= 11 is 0. The Morgan fingerprint density at radius 3 is 1.42 bits per heavy atom. The van der Waals surface area contributed by atoms with Crippen LogP contribution < -0.4 is 0 Å². The molecule has 0 aliphatic carbocycles. The fraction of sp³-hybridized carbons (Fsp3) is 0. The smallest absolute Gasteiger partial charge is 0.284 e. The Hall–Kier alpha value is -6.78. The number of non-ortho nitro benzene ring substituents is 1. The first-order valence-corrected chi connectivity index (χ1v) is 16.7. The van der Waals surface area contributed by atoms with E-state index in [1.165, 1.54) is 32.7 Å². The minimum Gasteiger partial charge on any atom is -0.455 e. The Morgan fingerprint density at radius 1 is 0.400 bits per heavy atom. The summed E-state index contributed by atoms with van der Waals surface area (Å²) in [5.74, 6) is 0. The minimum atomic E-state index is -0.261. The van der Waals surface area contributed by atoms with E-state index in [1.54, 1.807) is 0 Å². The Morgan fingerprint density at radius 2 is 0.860 bits per heavy atom. The van der Waals surface area contributed by atoms with Gasteiger partial charge < -0.3 is 4.42 Å². The van der Waals surface area contributed by atoms with Crippen LogP contribution in [0, 0.1) is 10.1 Å². The van der Waals surface area contributed by atoms with Crippen molar-refractivity contribution in [2.24, 2.45) is 0 Å². The molecule has 0 saturated heterocycles. The van der Waals surface area contributed by atoms with Crippen molar-refractivity contribution in [1.29, 1.82) is 0 Å². The number of furan rings is 1. The zero-order chi connectivity index (χ0) is 33.3. The molecule has 1 heterocycles. The van der Waals surface area contributed by atoms with Gasteiger partial charge in [0.05, 0.1) is 15.7 Å². The van der Waals surface area contributed by atoms with Crippen molar-refractivity contribution in [3.8, 4) is 33.4 Å². The van der Waals surface area contributed by atoms with E-state index in [0.717, 1.165) is 55.0 Å². The maximum absolute atomic E-state index is 12.4. The summed E-state index contributed by atoms with van der Waals surface area (Å²) in [7, 11) is 0. The molecular formula is C46H27NO3. The number of nitro groups is 1. The van der Waals surface area contributed by atoms with E-state index in [2.05, 4.69) is 109 Å².